The molecule has 0 fully saturated rings. The molecule has 6 heteroatoms. The van der Waals surface area contributed by atoms with E-state index in [1.807, 2.05) is 0 Å². The molecular weight excluding hydrogens is 209 g/mol. The summed E-state index contributed by atoms with van der Waals surface area (Å²) in [6.07, 6.45) is -2.86. The summed E-state index contributed by atoms with van der Waals surface area (Å²) in [6.45, 7) is 5.63. The second kappa shape index (κ2) is 4.65. The number of rotatable bonds is 4. The molecule has 0 aromatic rings. The van der Waals surface area contributed by atoms with Crippen LogP contribution in [0.25, 0.3) is 0 Å². The molecule has 0 rings (SSSR count). The van der Waals surface area contributed by atoms with Crippen molar-refractivity contribution in [2.24, 2.45) is 5.73 Å². The van der Waals surface area contributed by atoms with Crippen LogP contribution >= 0.6 is 0 Å². The van der Waals surface area contributed by atoms with Crippen LogP contribution in [-0.2, 0) is 4.79 Å². The van der Waals surface area contributed by atoms with Gasteiger partial charge in [0.05, 0.1) is 0 Å². The summed E-state index contributed by atoms with van der Waals surface area (Å²) < 4.78 is 36.9. The van der Waals surface area contributed by atoms with E-state index in [0.717, 1.165) is 0 Å². The Hall–Kier alpha value is -1.04. The molecule has 2 atom stereocenters. The van der Waals surface area contributed by atoms with Gasteiger partial charge in [0.15, 0.2) is 5.54 Å². The van der Waals surface area contributed by atoms with Gasteiger partial charge in [-0.2, -0.15) is 13.2 Å². The first-order chi connectivity index (χ1) is 6.63. The van der Waals surface area contributed by atoms with Crippen LogP contribution in [0.2, 0.25) is 0 Å². The van der Waals surface area contributed by atoms with Crippen LogP contribution in [0.5, 0.6) is 0 Å². The summed E-state index contributed by atoms with van der Waals surface area (Å²) in [7, 11) is 0. The van der Waals surface area contributed by atoms with Gasteiger partial charge in [-0.3, -0.25) is 4.79 Å². The number of nitrogens with one attached hydrogen (secondary N) is 1. The molecule has 0 aromatic carbocycles. The lowest BCUT2D eigenvalue weighted by Crippen LogP contribution is -2.62. The number of carbonyl (C=O) groups is 1. The topological polar surface area (TPSA) is 55.1 Å². The first-order valence-corrected chi connectivity index (χ1v) is 4.40. The first-order valence-electron chi connectivity index (χ1n) is 4.40. The van der Waals surface area contributed by atoms with Gasteiger partial charge in [0, 0.05) is 6.04 Å². The average molecular weight is 224 g/mol. The smallest absolute Gasteiger partial charge is 0.351 e. The maximum absolute atomic E-state index is 12.3. The van der Waals surface area contributed by atoms with Crippen molar-refractivity contribution < 1.29 is 18.0 Å². The Morgan fingerprint density at radius 1 is 1.60 bits per heavy atom. The molecular formula is C9H15F3N2O. The molecule has 0 spiro atoms. The average Bonchev–Trinajstić information content (AvgIpc) is 2.02. The van der Waals surface area contributed by atoms with Crippen molar-refractivity contribution in [1.29, 1.82) is 0 Å². The van der Waals surface area contributed by atoms with Crippen molar-refractivity contribution in [2.45, 2.75) is 38.0 Å². The van der Waals surface area contributed by atoms with E-state index in [1.165, 1.54) is 6.08 Å². The lowest BCUT2D eigenvalue weighted by atomic mass is 10.0. The Kier molecular flexibility index (Phi) is 4.33. The second-order valence-corrected chi connectivity index (χ2v) is 3.60. The van der Waals surface area contributed by atoms with Gasteiger partial charge in [-0.1, -0.05) is 6.08 Å². The summed E-state index contributed by atoms with van der Waals surface area (Å²) in [6, 6.07) is -0.416. The minimum Gasteiger partial charge on any atom is -0.351 e. The molecule has 0 saturated carbocycles. The zero-order valence-corrected chi connectivity index (χ0v) is 8.69. The monoisotopic (exact) mass is 224 g/mol. The standard InChI is InChI=1S/C9H15F3N2O/c1-4-5-6(2)14-7(15)8(3,13)9(10,11)12/h4,6H,1,5,13H2,2-3H3,(H,14,15). The van der Waals surface area contributed by atoms with Crippen LogP contribution in [0.3, 0.4) is 0 Å². The van der Waals surface area contributed by atoms with E-state index in [9.17, 15) is 18.0 Å². The van der Waals surface area contributed by atoms with E-state index in [0.29, 0.717) is 13.3 Å². The number of halogens is 3. The number of hydrogen-bond donors (Lipinski definition) is 2. The van der Waals surface area contributed by atoms with Crippen molar-refractivity contribution in [3.8, 4) is 0 Å². The third kappa shape index (κ3) is 3.54. The maximum Gasteiger partial charge on any atom is 0.415 e. The van der Waals surface area contributed by atoms with Crippen LogP contribution in [0, 0.1) is 0 Å². The molecule has 0 aromatic heterocycles. The van der Waals surface area contributed by atoms with Crippen molar-refractivity contribution in [3.05, 3.63) is 12.7 Å². The van der Waals surface area contributed by atoms with Crippen LogP contribution in [0.1, 0.15) is 20.3 Å². The van der Waals surface area contributed by atoms with Crippen LogP contribution in [-0.4, -0.2) is 23.7 Å². The Balaban J connectivity index is 4.51. The molecule has 0 heterocycles. The van der Waals surface area contributed by atoms with Crippen molar-refractivity contribution in [2.75, 3.05) is 0 Å². The van der Waals surface area contributed by atoms with Gasteiger partial charge < -0.3 is 11.1 Å². The summed E-state index contributed by atoms with van der Waals surface area (Å²) in [4.78, 5) is 11.2. The van der Waals surface area contributed by atoms with Gasteiger partial charge >= 0.3 is 6.18 Å². The quantitative estimate of drug-likeness (QED) is 0.708. The molecule has 0 aliphatic rings. The van der Waals surface area contributed by atoms with Gasteiger partial charge in [0.1, 0.15) is 0 Å². The second-order valence-electron chi connectivity index (χ2n) is 3.60. The minimum atomic E-state index is -4.76. The zero-order valence-electron chi connectivity index (χ0n) is 8.69. The highest BCUT2D eigenvalue weighted by Gasteiger charge is 2.54. The molecule has 88 valence electrons. The Labute approximate surface area is 86.5 Å². The number of nitrogens with two attached hydrogens (primary N) is 1. The zero-order chi connectivity index (χ0) is 12.3. The van der Waals surface area contributed by atoms with Gasteiger partial charge in [-0.05, 0) is 20.3 Å². The van der Waals surface area contributed by atoms with E-state index < -0.39 is 23.7 Å². The predicted octanol–water partition coefficient (Wildman–Crippen LogP) is 1.35. The summed E-state index contributed by atoms with van der Waals surface area (Å²) in [5, 5.41) is 2.17. The molecule has 0 aliphatic carbocycles. The summed E-state index contributed by atoms with van der Waals surface area (Å²) in [5.74, 6) is -1.23. The van der Waals surface area contributed by atoms with Crippen molar-refractivity contribution >= 4 is 5.91 Å². The Bertz CT molecular complexity index is 248. The highest BCUT2D eigenvalue weighted by Crippen LogP contribution is 2.28. The van der Waals surface area contributed by atoms with Crippen LogP contribution < -0.4 is 11.1 Å². The van der Waals surface area contributed by atoms with Crippen molar-refractivity contribution in [3.63, 3.8) is 0 Å². The molecule has 2 unspecified atom stereocenters. The lowest BCUT2D eigenvalue weighted by molar-refractivity contribution is -0.187. The maximum atomic E-state index is 12.3. The molecule has 1 amide bonds. The number of alkyl halides is 3. The molecule has 0 radical (unpaired) electrons. The third-order valence-corrected chi connectivity index (χ3v) is 1.96. The largest absolute Gasteiger partial charge is 0.415 e. The molecule has 0 bridgehead atoms. The van der Waals surface area contributed by atoms with Gasteiger partial charge in [0.25, 0.3) is 0 Å². The van der Waals surface area contributed by atoms with Gasteiger partial charge in [-0.15, -0.1) is 6.58 Å². The van der Waals surface area contributed by atoms with Gasteiger partial charge in [-0.25, -0.2) is 0 Å². The van der Waals surface area contributed by atoms with E-state index in [1.54, 1.807) is 6.92 Å². The summed E-state index contributed by atoms with van der Waals surface area (Å²) >= 11 is 0. The van der Waals surface area contributed by atoms with E-state index in [-0.39, 0.29) is 0 Å². The van der Waals surface area contributed by atoms with Crippen molar-refractivity contribution in [1.82, 2.24) is 5.32 Å². The Morgan fingerprint density at radius 2 is 2.07 bits per heavy atom. The normalized spacial score (nSPS) is 17.7. The fraction of sp³-hybridized carbons (Fsp3) is 0.667. The fourth-order valence-corrected chi connectivity index (χ4v) is 0.811. The molecule has 0 aliphatic heterocycles. The van der Waals surface area contributed by atoms with Crippen LogP contribution in [0.4, 0.5) is 13.2 Å². The van der Waals surface area contributed by atoms with E-state index >= 15 is 0 Å². The fourth-order valence-electron chi connectivity index (χ4n) is 0.811. The first kappa shape index (κ1) is 14.0. The predicted molar refractivity (Wildman–Crippen MR) is 51.1 cm³/mol. The molecule has 3 nitrogen and oxygen atoms in total. The lowest BCUT2D eigenvalue weighted by Gasteiger charge is -2.27. The molecule has 15 heavy (non-hydrogen) atoms. The Morgan fingerprint density at radius 3 is 2.40 bits per heavy atom. The molecule has 0 saturated heterocycles. The van der Waals surface area contributed by atoms with E-state index in [2.05, 4.69) is 11.9 Å². The number of hydrogen-bond acceptors (Lipinski definition) is 2. The highest BCUT2D eigenvalue weighted by molar-refractivity contribution is 5.86. The SMILES string of the molecule is C=CCC(C)NC(=O)C(C)(N)C(F)(F)F. The van der Waals surface area contributed by atoms with E-state index in [4.69, 9.17) is 5.73 Å². The minimum absolute atomic E-state index is 0.389. The third-order valence-electron chi connectivity index (χ3n) is 1.96. The van der Waals surface area contributed by atoms with Gasteiger partial charge in [0.2, 0.25) is 5.91 Å². The number of carbonyl (C=O) groups excluding carboxylic acids is 1. The number of amides is 1. The summed E-state index contributed by atoms with van der Waals surface area (Å²) in [5.41, 5.74) is 2.06. The van der Waals surface area contributed by atoms with Crippen LogP contribution in [0.15, 0.2) is 12.7 Å². The molecule has 3 N–H and O–H groups in total. The highest BCUT2D eigenvalue weighted by atomic mass is 19.4.